The molecule has 8 heteroatoms. The van der Waals surface area contributed by atoms with Gasteiger partial charge in [-0.05, 0) is 48.9 Å². The molecule has 1 amide bonds. The van der Waals surface area contributed by atoms with Crippen molar-refractivity contribution in [2.45, 2.75) is 20.0 Å². The van der Waals surface area contributed by atoms with Gasteiger partial charge in [-0.1, -0.05) is 18.2 Å². The van der Waals surface area contributed by atoms with E-state index in [4.69, 9.17) is 0 Å². The summed E-state index contributed by atoms with van der Waals surface area (Å²) in [5.74, 6) is -0.0737. The number of anilines is 1. The highest BCUT2D eigenvalue weighted by Gasteiger charge is 2.17. The Balaban J connectivity index is 1.39. The van der Waals surface area contributed by atoms with Gasteiger partial charge >= 0.3 is 6.61 Å². The van der Waals surface area contributed by atoms with Crippen LogP contribution in [0.5, 0.6) is 5.75 Å². The van der Waals surface area contributed by atoms with Gasteiger partial charge < -0.3 is 9.64 Å². The Bertz CT molecular complexity index is 836. The lowest BCUT2D eigenvalue weighted by Crippen LogP contribution is -2.47. The van der Waals surface area contributed by atoms with Crippen molar-refractivity contribution in [3.63, 3.8) is 0 Å². The predicted octanol–water partition coefficient (Wildman–Crippen LogP) is 3.34. The molecule has 1 aliphatic rings. The molecule has 6 nitrogen and oxygen atoms in total. The van der Waals surface area contributed by atoms with Gasteiger partial charge in [0.15, 0.2) is 0 Å². The predicted molar refractivity (Wildman–Crippen MR) is 113 cm³/mol. The van der Waals surface area contributed by atoms with Crippen molar-refractivity contribution in [2.75, 3.05) is 37.6 Å². The maximum absolute atomic E-state index is 12.2. The molecule has 1 fully saturated rings. The van der Waals surface area contributed by atoms with Crippen LogP contribution >= 0.6 is 0 Å². The number of hydrogen-bond acceptors (Lipinski definition) is 5. The summed E-state index contributed by atoms with van der Waals surface area (Å²) in [5.41, 5.74) is 5.10. The number of carbonyl (C=O) groups excluding carboxylic acids is 1. The lowest BCUT2D eigenvalue weighted by Gasteiger charge is -2.36. The van der Waals surface area contributed by atoms with Gasteiger partial charge in [-0.3, -0.25) is 9.69 Å². The second-order valence-electron chi connectivity index (χ2n) is 7.05. The third-order valence-electron chi connectivity index (χ3n) is 4.99. The smallest absolute Gasteiger partial charge is 0.387 e. The highest BCUT2D eigenvalue weighted by atomic mass is 19.3. The first-order valence-corrected chi connectivity index (χ1v) is 9.92. The Morgan fingerprint density at radius 2 is 1.73 bits per heavy atom. The van der Waals surface area contributed by atoms with Crippen molar-refractivity contribution in [3.8, 4) is 5.75 Å². The first-order valence-electron chi connectivity index (χ1n) is 9.92. The van der Waals surface area contributed by atoms with Crippen LogP contribution in [0.2, 0.25) is 0 Å². The number of carbonyl (C=O) groups is 1. The van der Waals surface area contributed by atoms with E-state index >= 15 is 0 Å². The van der Waals surface area contributed by atoms with E-state index in [0.29, 0.717) is 24.2 Å². The van der Waals surface area contributed by atoms with Gasteiger partial charge in [0.05, 0.1) is 5.71 Å². The molecule has 30 heavy (non-hydrogen) atoms. The van der Waals surface area contributed by atoms with Gasteiger partial charge in [0, 0.05) is 44.8 Å². The Hall–Kier alpha value is -3.00. The van der Waals surface area contributed by atoms with E-state index in [0.717, 1.165) is 26.2 Å². The molecule has 0 unspecified atom stereocenters. The van der Waals surface area contributed by atoms with Crippen LogP contribution in [0.15, 0.2) is 59.7 Å². The Morgan fingerprint density at radius 1 is 1.07 bits per heavy atom. The molecule has 0 radical (unpaired) electrons. The molecule has 0 bridgehead atoms. The van der Waals surface area contributed by atoms with E-state index in [1.165, 1.54) is 17.8 Å². The third kappa shape index (κ3) is 6.52. The number of nitrogens with zero attached hydrogens (tertiary/aromatic N) is 3. The number of hydrazone groups is 1. The quantitative estimate of drug-likeness (QED) is 0.530. The van der Waals surface area contributed by atoms with Gasteiger partial charge in [0.1, 0.15) is 5.75 Å². The summed E-state index contributed by atoms with van der Waals surface area (Å²) in [4.78, 5) is 16.7. The number of benzene rings is 2. The van der Waals surface area contributed by atoms with Crippen molar-refractivity contribution in [1.82, 2.24) is 10.3 Å². The van der Waals surface area contributed by atoms with E-state index in [2.05, 4.69) is 37.2 Å². The largest absolute Gasteiger partial charge is 0.435 e. The van der Waals surface area contributed by atoms with E-state index in [1.54, 1.807) is 19.1 Å². The van der Waals surface area contributed by atoms with Crippen LogP contribution in [-0.4, -0.2) is 55.9 Å². The minimum Gasteiger partial charge on any atom is -0.435 e. The van der Waals surface area contributed by atoms with E-state index < -0.39 is 6.61 Å². The van der Waals surface area contributed by atoms with Crippen LogP contribution in [0.25, 0.3) is 0 Å². The Labute approximate surface area is 175 Å². The molecule has 1 N–H and O–H groups in total. The molecule has 0 atom stereocenters. The third-order valence-corrected chi connectivity index (χ3v) is 4.99. The number of hydrogen-bond donors (Lipinski definition) is 1. The normalized spacial score (nSPS) is 15.3. The molecule has 1 saturated heterocycles. The first-order chi connectivity index (χ1) is 14.5. The molecule has 160 valence electrons. The molecule has 2 aromatic carbocycles. The van der Waals surface area contributed by atoms with Crippen molar-refractivity contribution < 1.29 is 18.3 Å². The standard InChI is InChI=1S/C22H26F2N4O2/c1-17(18-7-9-20(10-8-18)30-22(23)24)25-26-21(29)11-12-27-13-15-28(16-14-27)19-5-3-2-4-6-19/h2-10,22H,11-16H2,1H3,(H,26,29)/b25-17+. The van der Waals surface area contributed by atoms with Crippen LogP contribution in [0.3, 0.4) is 0 Å². The van der Waals surface area contributed by atoms with Crippen molar-refractivity contribution in [1.29, 1.82) is 0 Å². The summed E-state index contributed by atoms with van der Waals surface area (Å²) in [6.45, 7) is 3.28. The second kappa shape index (κ2) is 10.7. The van der Waals surface area contributed by atoms with Gasteiger partial charge in [0.2, 0.25) is 5.91 Å². The molecular formula is C22H26F2N4O2. The summed E-state index contributed by atoms with van der Waals surface area (Å²) in [7, 11) is 0. The Kier molecular flexibility index (Phi) is 7.73. The van der Waals surface area contributed by atoms with Crippen LogP contribution in [0.4, 0.5) is 14.5 Å². The summed E-state index contributed by atoms with van der Waals surface area (Å²) in [5, 5.41) is 4.10. The zero-order chi connectivity index (χ0) is 21.3. The topological polar surface area (TPSA) is 57.2 Å². The van der Waals surface area contributed by atoms with Gasteiger partial charge in [-0.25, -0.2) is 5.43 Å². The summed E-state index contributed by atoms with van der Waals surface area (Å²) >= 11 is 0. The fourth-order valence-electron chi connectivity index (χ4n) is 3.27. The van der Waals surface area contributed by atoms with Crippen molar-refractivity contribution >= 4 is 17.3 Å². The number of ether oxygens (including phenoxy) is 1. The van der Waals surface area contributed by atoms with E-state index in [9.17, 15) is 13.6 Å². The average Bonchev–Trinajstić information content (AvgIpc) is 2.77. The second-order valence-corrected chi connectivity index (χ2v) is 7.05. The number of halogens is 2. The van der Waals surface area contributed by atoms with Gasteiger partial charge in [-0.15, -0.1) is 0 Å². The van der Waals surface area contributed by atoms with Gasteiger partial charge in [-0.2, -0.15) is 13.9 Å². The molecule has 1 heterocycles. The SMILES string of the molecule is C/C(=N\NC(=O)CCN1CCN(c2ccccc2)CC1)c1ccc(OC(F)F)cc1. The summed E-state index contributed by atoms with van der Waals surface area (Å²) in [6.07, 6.45) is 0.364. The maximum Gasteiger partial charge on any atom is 0.387 e. The van der Waals surface area contributed by atoms with Gasteiger partial charge in [0.25, 0.3) is 0 Å². The highest BCUT2D eigenvalue weighted by Crippen LogP contribution is 2.16. The Morgan fingerprint density at radius 3 is 2.37 bits per heavy atom. The van der Waals surface area contributed by atoms with E-state index in [1.807, 2.05) is 18.2 Å². The van der Waals surface area contributed by atoms with Crippen LogP contribution in [0, 0.1) is 0 Å². The molecular weight excluding hydrogens is 390 g/mol. The minimum atomic E-state index is -2.86. The number of rotatable bonds is 8. The monoisotopic (exact) mass is 416 g/mol. The van der Waals surface area contributed by atoms with Crippen molar-refractivity contribution in [2.24, 2.45) is 5.10 Å². The van der Waals surface area contributed by atoms with E-state index in [-0.39, 0.29) is 11.7 Å². The molecule has 1 aliphatic heterocycles. The van der Waals surface area contributed by atoms with Crippen LogP contribution < -0.4 is 15.1 Å². The lowest BCUT2D eigenvalue weighted by atomic mass is 10.1. The zero-order valence-electron chi connectivity index (χ0n) is 16.9. The summed E-state index contributed by atoms with van der Waals surface area (Å²) < 4.78 is 28.7. The molecule has 0 spiro atoms. The fourth-order valence-corrected chi connectivity index (χ4v) is 3.27. The summed E-state index contributed by atoms with van der Waals surface area (Å²) in [6, 6.07) is 16.4. The molecule has 0 saturated carbocycles. The van der Waals surface area contributed by atoms with Crippen LogP contribution in [-0.2, 0) is 4.79 Å². The molecule has 0 aliphatic carbocycles. The van der Waals surface area contributed by atoms with Crippen LogP contribution in [0.1, 0.15) is 18.9 Å². The molecule has 0 aromatic heterocycles. The number of nitrogens with one attached hydrogen (secondary N) is 1. The number of para-hydroxylation sites is 1. The zero-order valence-corrected chi connectivity index (χ0v) is 16.9. The number of piperazine rings is 1. The first kappa shape index (κ1) is 21.7. The molecule has 2 aromatic rings. The highest BCUT2D eigenvalue weighted by molar-refractivity contribution is 5.99. The fraction of sp³-hybridized carbons (Fsp3) is 0.364. The lowest BCUT2D eigenvalue weighted by molar-refractivity contribution is -0.121. The minimum absolute atomic E-state index is 0.0814. The number of amides is 1. The molecule has 3 rings (SSSR count). The maximum atomic E-state index is 12.2. The van der Waals surface area contributed by atoms with Crippen molar-refractivity contribution in [3.05, 3.63) is 60.2 Å². The average molecular weight is 416 g/mol. The number of alkyl halides is 2.